The third-order valence-corrected chi connectivity index (χ3v) is 5.78. The van der Waals surface area contributed by atoms with E-state index in [0.29, 0.717) is 18.3 Å². The Morgan fingerprint density at radius 1 is 1.11 bits per heavy atom. The maximum absolute atomic E-state index is 13.0. The van der Waals surface area contributed by atoms with Gasteiger partial charge in [0.05, 0.1) is 0 Å². The highest BCUT2D eigenvalue weighted by Gasteiger charge is 2.33. The highest BCUT2D eigenvalue weighted by Crippen LogP contribution is 2.32. The lowest BCUT2D eigenvalue weighted by Gasteiger charge is -2.40. The van der Waals surface area contributed by atoms with Gasteiger partial charge in [-0.25, -0.2) is 0 Å². The van der Waals surface area contributed by atoms with Crippen LogP contribution in [0.15, 0.2) is 60.7 Å². The molecule has 2 aromatic carbocycles. The number of benzene rings is 2. The summed E-state index contributed by atoms with van der Waals surface area (Å²) in [6.07, 6.45) is 3.88. The molecule has 3 heteroatoms. The lowest BCUT2D eigenvalue weighted by atomic mass is 9.82. The quantitative estimate of drug-likeness (QED) is 0.750. The van der Waals surface area contributed by atoms with Crippen LogP contribution in [0.25, 0.3) is 0 Å². The number of hydrogen-bond donors (Lipinski definition) is 1. The molecule has 0 bridgehead atoms. The van der Waals surface area contributed by atoms with Gasteiger partial charge in [0.2, 0.25) is 5.91 Å². The third kappa shape index (κ3) is 4.98. The molecule has 1 aliphatic rings. The summed E-state index contributed by atoms with van der Waals surface area (Å²) in [5, 5.41) is 3.55. The van der Waals surface area contributed by atoms with Gasteiger partial charge in [-0.05, 0) is 61.9 Å². The number of nitrogens with one attached hydrogen (secondary N) is 1. The van der Waals surface area contributed by atoms with Crippen molar-refractivity contribution >= 4 is 11.6 Å². The molecule has 27 heavy (non-hydrogen) atoms. The van der Waals surface area contributed by atoms with Crippen LogP contribution in [0.2, 0.25) is 0 Å². The number of hydrogen-bond acceptors (Lipinski definition) is 2. The van der Waals surface area contributed by atoms with Gasteiger partial charge in [-0.3, -0.25) is 4.79 Å². The van der Waals surface area contributed by atoms with Gasteiger partial charge in [0, 0.05) is 18.2 Å². The van der Waals surface area contributed by atoms with Crippen LogP contribution in [0, 0.1) is 5.92 Å². The topological polar surface area (TPSA) is 32.3 Å². The van der Waals surface area contributed by atoms with Crippen molar-refractivity contribution in [2.45, 2.75) is 51.5 Å². The summed E-state index contributed by atoms with van der Waals surface area (Å²) in [6.45, 7) is 6.34. The van der Waals surface area contributed by atoms with Crippen LogP contribution in [0.1, 0.15) is 51.0 Å². The molecular formula is C24H32N2O. The molecule has 1 saturated heterocycles. The molecular weight excluding hydrogens is 332 g/mol. The van der Waals surface area contributed by atoms with Crippen LogP contribution in [0.4, 0.5) is 5.69 Å². The Bertz CT molecular complexity index is 695. The molecule has 0 saturated carbocycles. The van der Waals surface area contributed by atoms with Crippen LogP contribution in [-0.4, -0.2) is 25.0 Å². The summed E-state index contributed by atoms with van der Waals surface area (Å²) in [5.41, 5.74) is 2.38. The van der Waals surface area contributed by atoms with Crippen LogP contribution < -0.4 is 10.2 Å². The highest BCUT2D eigenvalue weighted by molar-refractivity contribution is 5.93. The standard InChI is InChI=1S/C24H32N2O/c1-3-24(27)26(22-14-8-5-9-15-22)23(21-13-10-16-25-18-21)17-19(2)20-11-6-4-7-12-20/h4-9,11-12,14-15,19,21,23,25H,3,10,13,16-18H2,1-2H3. The number of nitrogens with zero attached hydrogens (tertiary/aromatic N) is 1. The first-order valence-electron chi connectivity index (χ1n) is 10.3. The fraction of sp³-hybridized carbons (Fsp3) is 0.458. The van der Waals surface area contributed by atoms with Gasteiger partial charge in [-0.15, -0.1) is 0 Å². The van der Waals surface area contributed by atoms with Crippen LogP contribution in [0.3, 0.4) is 0 Å². The summed E-state index contributed by atoms with van der Waals surface area (Å²) in [5.74, 6) is 1.12. The maximum Gasteiger partial charge on any atom is 0.226 e. The van der Waals surface area contributed by atoms with Crippen molar-refractivity contribution in [1.29, 1.82) is 0 Å². The molecule has 3 atom stereocenters. The molecule has 3 nitrogen and oxygen atoms in total. The average Bonchev–Trinajstić information content (AvgIpc) is 2.75. The van der Waals surface area contributed by atoms with Gasteiger partial charge in [0.25, 0.3) is 0 Å². The molecule has 0 spiro atoms. The predicted molar refractivity (Wildman–Crippen MR) is 113 cm³/mol. The Labute approximate surface area is 163 Å². The Morgan fingerprint density at radius 3 is 2.37 bits per heavy atom. The minimum atomic E-state index is 0.211. The molecule has 0 aliphatic carbocycles. The van der Waals surface area contributed by atoms with Crippen molar-refractivity contribution in [2.24, 2.45) is 5.92 Å². The lowest BCUT2D eigenvalue weighted by molar-refractivity contribution is -0.119. The van der Waals surface area contributed by atoms with Gasteiger partial charge >= 0.3 is 0 Å². The fourth-order valence-corrected chi connectivity index (χ4v) is 4.28. The summed E-state index contributed by atoms with van der Waals surface area (Å²) in [7, 11) is 0. The van der Waals surface area contributed by atoms with E-state index >= 15 is 0 Å². The minimum absolute atomic E-state index is 0.211. The van der Waals surface area contributed by atoms with E-state index in [-0.39, 0.29) is 11.9 Å². The maximum atomic E-state index is 13.0. The lowest BCUT2D eigenvalue weighted by Crippen LogP contribution is -2.49. The molecule has 1 amide bonds. The average molecular weight is 365 g/mol. The summed E-state index contributed by atoms with van der Waals surface area (Å²) in [6, 6.07) is 21.1. The van der Waals surface area contributed by atoms with Gasteiger partial charge in [0.1, 0.15) is 0 Å². The first-order chi connectivity index (χ1) is 13.2. The van der Waals surface area contributed by atoms with Crippen molar-refractivity contribution in [1.82, 2.24) is 5.32 Å². The predicted octanol–water partition coefficient (Wildman–Crippen LogP) is 4.99. The number of rotatable bonds is 7. The van der Waals surface area contributed by atoms with E-state index < -0.39 is 0 Å². The summed E-state index contributed by atoms with van der Waals surface area (Å²) >= 11 is 0. The molecule has 3 unspecified atom stereocenters. The van der Waals surface area contributed by atoms with Crippen molar-refractivity contribution in [3.8, 4) is 0 Å². The summed E-state index contributed by atoms with van der Waals surface area (Å²) < 4.78 is 0. The number of carbonyl (C=O) groups is 1. The smallest absolute Gasteiger partial charge is 0.226 e. The van der Waals surface area contributed by atoms with Crippen molar-refractivity contribution in [3.05, 3.63) is 66.2 Å². The molecule has 1 aliphatic heterocycles. The van der Waals surface area contributed by atoms with Gasteiger partial charge in [-0.2, -0.15) is 0 Å². The van der Waals surface area contributed by atoms with E-state index in [1.54, 1.807) is 0 Å². The Hall–Kier alpha value is -2.13. The monoisotopic (exact) mass is 364 g/mol. The van der Waals surface area contributed by atoms with Gasteiger partial charge < -0.3 is 10.2 Å². The first kappa shape index (κ1) is 19.6. The number of para-hydroxylation sites is 1. The number of amides is 1. The molecule has 1 heterocycles. The molecule has 144 valence electrons. The first-order valence-corrected chi connectivity index (χ1v) is 10.3. The second-order valence-electron chi connectivity index (χ2n) is 7.67. The fourth-order valence-electron chi connectivity index (χ4n) is 4.28. The molecule has 0 aromatic heterocycles. The van der Waals surface area contributed by atoms with E-state index in [4.69, 9.17) is 0 Å². The molecule has 0 radical (unpaired) electrons. The third-order valence-electron chi connectivity index (χ3n) is 5.78. The largest absolute Gasteiger partial charge is 0.316 e. The zero-order chi connectivity index (χ0) is 19.1. The van der Waals surface area contributed by atoms with Crippen molar-refractivity contribution in [3.63, 3.8) is 0 Å². The van der Waals surface area contributed by atoms with E-state index in [0.717, 1.165) is 25.2 Å². The highest BCUT2D eigenvalue weighted by atomic mass is 16.2. The van der Waals surface area contributed by atoms with Crippen LogP contribution in [-0.2, 0) is 4.79 Å². The van der Waals surface area contributed by atoms with Gasteiger partial charge in [0.15, 0.2) is 0 Å². The molecule has 1 N–H and O–H groups in total. The summed E-state index contributed by atoms with van der Waals surface area (Å²) in [4.78, 5) is 15.1. The Kier molecular flexibility index (Phi) is 7.05. The zero-order valence-corrected chi connectivity index (χ0v) is 16.6. The zero-order valence-electron chi connectivity index (χ0n) is 16.6. The minimum Gasteiger partial charge on any atom is -0.316 e. The van der Waals surface area contributed by atoms with Gasteiger partial charge in [-0.1, -0.05) is 62.4 Å². The molecule has 2 aromatic rings. The van der Waals surface area contributed by atoms with Crippen LogP contribution in [0.5, 0.6) is 0 Å². The molecule has 1 fully saturated rings. The second-order valence-corrected chi connectivity index (χ2v) is 7.67. The van der Waals surface area contributed by atoms with Crippen molar-refractivity contribution < 1.29 is 4.79 Å². The molecule has 3 rings (SSSR count). The Balaban J connectivity index is 1.92. The van der Waals surface area contributed by atoms with E-state index in [1.807, 2.05) is 25.1 Å². The van der Waals surface area contributed by atoms with E-state index in [1.165, 1.54) is 18.4 Å². The van der Waals surface area contributed by atoms with E-state index in [9.17, 15) is 4.79 Å². The number of piperidine rings is 1. The Morgan fingerprint density at radius 2 is 1.78 bits per heavy atom. The van der Waals surface area contributed by atoms with Crippen LogP contribution >= 0.6 is 0 Å². The number of anilines is 1. The normalized spacial score (nSPS) is 19.3. The SMILES string of the molecule is CCC(=O)N(c1ccccc1)C(CC(C)c1ccccc1)C1CCCNC1. The van der Waals surface area contributed by atoms with E-state index in [2.05, 4.69) is 59.6 Å². The number of carbonyl (C=O) groups excluding carboxylic acids is 1. The van der Waals surface area contributed by atoms with Crippen molar-refractivity contribution in [2.75, 3.05) is 18.0 Å². The second kappa shape index (κ2) is 9.70.